The fourth-order valence-electron chi connectivity index (χ4n) is 2.80. The van der Waals surface area contributed by atoms with Gasteiger partial charge in [0.1, 0.15) is 5.82 Å². The van der Waals surface area contributed by atoms with Gasteiger partial charge in [-0.2, -0.15) is 0 Å². The molecular weight excluding hydrogens is 369 g/mol. The Balaban J connectivity index is 2.01. The van der Waals surface area contributed by atoms with Crippen LogP contribution < -0.4 is 5.32 Å². The van der Waals surface area contributed by atoms with Crippen LogP contribution in [0, 0.1) is 0 Å². The first-order valence-corrected chi connectivity index (χ1v) is 9.11. The van der Waals surface area contributed by atoms with E-state index in [9.17, 15) is 5.11 Å². The van der Waals surface area contributed by atoms with Crippen molar-refractivity contribution in [1.82, 2.24) is 9.55 Å². The Morgan fingerprint density at radius 3 is 2.81 bits per heavy atom. The highest BCUT2D eigenvalue weighted by Crippen LogP contribution is 2.31. The molecule has 3 rings (SSSR count). The summed E-state index contributed by atoms with van der Waals surface area (Å²) in [5.41, 5.74) is 2.27. The van der Waals surface area contributed by atoms with E-state index in [1.54, 1.807) is 18.5 Å². The molecule has 1 atom stereocenters. The zero-order valence-corrected chi connectivity index (χ0v) is 16.1. The average Bonchev–Trinajstić information content (AvgIpc) is 2.98. The van der Waals surface area contributed by atoms with E-state index < -0.39 is 0 Å². The second-order valence-corrected chi connectivity index (χ2v) is 7.21. The number of aliphatic hydroxyl groups excluding tert-OH is 1. The normalized spacial score (nSPS) is 12.9. The number of aliphatic hydroxyl groups is 1. The zero-order chi connectivity index (χ0) is 19.6. The number of nitrogens with zero attached hydrogens (tertiary/aromatic N) is 2. The largest absolute Gasteiger partial charge is 0.394 e. The van der Waals surface area contributed by atoms with Gasteiger partial charge in [0.2, 0.25) is 0 Å². The van der Waals surface area contributed by atoms with Gasteiger partial charge >= 0.3 is 0 Å². The van der Waals surface area contributed by atoms with E-state index in [-0.39, 0.29) is 18.7 Å². The number of aromatic nitrogens is 2. The molecule has 0 unspecified atom stereocenters. The van der Waals surface area contributed by atoms with E-state index in [4.69, 9.17) is 24.6 Å². The minimum atomic E-state index is -0.338. The van der Waals surface area contributed by atoms with Gasteiger partial charge in [-0.3, -0.25) is 0 Å². The second kappa shape index (κ2) is 8.12. The third-order valence-corrected chi connectivity index (χ3v) is 4.53. The van der Waals surface area contributed by atoms with E-state index in [1.807, 2.05) is 48.9 Å². The van der Waals surface area contributed by atoms with Gasteiger partial charge in [-0.25, -0.2) is 4.98 Å². The number of halogens is 2. The Morgan fingerprint density at radius 2 is 2.12 bits per heavy atom. The fourth-order valence-corrected chi connectivity index (χ4v) is 3.20. The number of hydrogen-bond donors (Lipinski definition) is 2. The summed E-state index contributed by atoms with van der Waals surface area (Å²) in [5, 5.41) is 14.2. The summed E-state index contributed by atoms with van der Waals surface area (Å²) in [6.45, 7) is 3.94. The van der Waals surface area contributed by atoms with Gasteiger partial charge in [-0.05, 0) is 43.7 Å². The molecule has 2 heterocycles. The number of anilines is 1. The lowest BCUT2D eigenvalue weighted by Gasteiger charge is -2.17. The van der Waals surface area contributed by atoms with Crippen molar-refractivity contribution in [1.29, 1.82) is 0 Å². The first-order chi connectivity index (χ1) is 12.9. The maximum atomic E-state index is 9.92. The molecule has 3 aromatic rings. The molecule has 0 spiro atoms. The predicted molar refractivity (Wildman–Crippen MR) is 108 cm³/mol. The van der Waals surface area contributed by atoms with Crippen LogP contribution >= 0.6 is 23.2 Å². The molecule has 0 aliphatic rings. The van der Waals surface area contributed by atoms with Crippen molar-refractivity contribution in [3.8, 4) is 11.1 Å². The van der Waals surface area contributed by atoms with Crippen molar-refractivity contribution in [2.75, 3.05) is 11.9 Å². The van der Waals surface area contributed by atoms with Crippen LogP contribution in [0.5, 0.6) is 0 Å². The summed E-state index contributed by atoms with van der Waals surface area (Å²) in [4.78, 5) is 4.28. The topological polar surface area (TPSA) is 50.1 Å². The molecule has 0 bridgehead atoms. The third-order valence-electron chi connectivity index (χ3n) is 4.00. The maximum Gasteiger partial charge on any atom is 0.126 e. The number of nitrogens with one attached hydrogen (secondary N) is 1. The van der Waals surface area contributed by atoms with Gasteiger partial charge in [0.05, 0.1) is 19.0 Å². The smallest absolute Gasteiger partial charge is 0.126 e. The lowest BCUT2D eigenvalue weighted by molar-refractivity contribution is 0.249. The first-order valence-electron chi connectivity index (χ1n) is 8.86. The van der Waals surface area contributed by atoms with E-state index in [2.05, 4.69) is 10.3 Å². The van der Waals surface area contributed by atoms with Gasteiger partial charge in [0.25, 0.3) is 0 Å². The number of hydrogen-bond acceptors (Lipinski definition) is 3. The molecule has 2 aromatic heterocycles. The van der Waals surface area contributed by atoms with Gasteiger partial charge in [-0.1, -0.05) is 35.3 Å². The van der Waals surface area contributed by atoms with Crippen molar-refractivity contribution < 1.29 is 6.48 Å². The maximum absolute atomic E-state index is 9.92. The molecule has 1 aromatic carbocycles. The van der Waals surface area contributed by atoms with Crippen LogP contribution in [-0.4, -0.2) is 27.3 Å². The number of benzene rings is 1. The molecule has 0 amide bonds. The summed E-state index contributed by atoms with van der Waals surface area (Å²) in [6.07, 6.45) is 5.09. The molecule has 136 valence electrons. The lowest BCUT2D eigenvalue weighted by Crippen LogP contribution is -2.13. The summed E-state index contributed by atoms with van der Waals surface area (Å²) < 4.78 is 10.2. The lowest BCUT2D eigenvalue weighted by atomic mass is 10.1. The SMILES string of the molecule is [2H]c1cn([C@H](CO)c2cccc(Cl)c2)cc1-c1cc(NC(C)C)ncc1Cl. The highest BCUT2D eigenvalue weighted by atomic mass is 35.5. The molecule has 0 radical (unpaired) electrons. The minimum absolute atomic E-state index is 0.113. The fraction of sp³-hybridized carbons (Fsp3) is 0.250. The van der Waals surface area contributed by atoms with Gasteiger partial charge in [-0.15, -0.1) is 0 Å². The Kier molecular flexibility index (Phi) is 5.44. The molecule has 26 heavy (non-hydrogen) atoms. The van der Waals surface area contributed by atoms with E-state index >= 15 is 0 Å². The number of pyridine rings is 1. The molecule has 0 saturated carbocycles. The van der Waals surface area contributed by atoms with Crippen molar-refractivity contribution in [3.05, 3.63) is 70.6 Å². The minimum Gasteiger partial charge on any atom is -0.394 e. The first kappa shape index (κ1) is 17.4. The van der Waals surface area contributed by atoms with Crippen molar-refractivity contribution in [3.63, 3.8) is 0 Å². The molecule has 0 aliphatic carbocycles. The zero-order valence-electron chi connectivity index (χ0n) is 15.6. The number of rotatable bonds is 6. The monoisotopic (exact) mass is 390 g/mol. The standard InChI is InChI=1S/C20H21Cl2N3O/c1-13(2)24-20-9-17(18(22)10-23-20)15-6-7-25(11-15)19(12-26)14-4-3-5-16(21)8-14/h3-11,13,19,26H,12H2,1-2H3,(H,23,24)/t19-/m1/s1/i6D. The molecule has 4 nitrogen and oxygen atoms in total. The Morgan fingerprint density at radius 1 is 1.31 bits per heavy atom. The van der Waals surface area contributed by atoms with E-state index in [0.717, 1.165) is 11.1 Å². The quantitative estimate of drug-likeness (QED) is 0.603. The summed E-state index contributed by atoms with van der Waals surface area (Å²) in [7, 11) is 0. The van der Waals surface area contributed by atoms with Crippen LogP contribution in [0.15, 0.2) is 55.0 Å². The molecule has 0 fully saturated rings. The van der Waals surface area contributed by atoms with Crippen LogP contribution in [0.3, 0.4) is 0 Å². The average molecular weight is 391 g/mol. The van der Waals surface area contributed by atoms with E-state index in [0.29, 0.717) is 27.5 Å². The van der Waals surface area contributed by atoms with Crippen molar-refractivity contribution in [2.24, 2.45) is 0 Å². The highest BCUT2D eigenvalue weighted by Gasteiger charge is 2.15. The third kappa shape index (κ3) is 4.21. The van der Waals surface area contributed by atoms with Gasteiger partial charge in [0.15, 0.2) is 0 Å². The molecule has 6 heteroatoms. The predicted octanol–water partition coefficient (Wildman–Crippen LogP) is 5.26. The van der Waals surface area contributed by atoms with Crippen LogP contribution in [-0.2, 0) is 0 Å². The molecular formula is C20H21Cl2N3O. The van der Waals surface area contributed by atoms with Crippen LogP contribution in [0.1, 0.15) is 26.8 Å². The summed E-state index contributed by atoms with van der Waals surface area (Å²) in [5.74, 6) is 0.699. The van der Waals surface area contributed by atoms with Crippen LogP contribution in [0.25, 0.3) is 11.1 Å². The van der Waals surface area contributed by atoms with Crippen molar-refractivity contribution in [2.45, 2.75) is 25.9 Å². The second-order valence-electron chi connectivity index (χ2n) is 6.37. The van der Waals surface area contributed by atoms with Crippen LogP contribution in [0.4, 0.5) is 5.82 Å². The van der Waals surface area contributed by atoms with Crippen LogP contribution in [0.2, 0.25) is 10.0 Å². The Bertz CT molecular complexity index is 943. The highest BCUT2D eigenvalue weighted by molar-refractivity contribution is 6.33. The Hall–Kier alpha value is -2.01. The van der Waals surface area contributed by atoms with Crippen molar-refractivity contribution >= 4 is 29.0 Å². The Labute approximate surface area is 164 Å². The molecule has 0 saturated heterocycles. The van der Waals surface area contributed by atoms with E-state index in [1.165, 1.54) is 0 Å². The summed E-state index contributed by atoms with van der Waals surface area (Å²) in [6, 6.07) is 9.40. The van der Waals surface area contributed by atoms with Gasteiger partial charge < -0.3 is 15.0 Å². The molecule has 2 N–H and O–H groups in total. The summed E-state index contributed by atoms with van der Waals surface area (Å²) >= 11 is 12.4. The van der Waals surface area contributed by atoms with Gasteiger partial charge in [0, 0.05) is 40.8 Å². The molecule has 0 aliphatic heterocycles.